The monoisotopic (exact) mass is 398 g/mol. The summed E-state index contributed by atoms with van der Waals surface area (Å²) in [5.74, 6) is -1.96. The molecule has 0 aliphatic heterocycles. The Kier molecular flexibility index (Phi) is 4.35. The second-order valence-electron chi connectivity index (χ2n) is 3.86. The normalized spacial score (nSPS) is 11.4. The lowest BCUT2D eigenvalue weighted by molar-refractivity contribution is 0.579. The number of sulfonamides is 1. The fourth-order valence-corrected chi connectivity index (χ4v) is 3.03. The van der Waals surface area contributed by atoms with Crippen LogP contribution in [-0.4, -0.2) is 13.4 Å². The summed E-state index contributed by atoms with van der Waals surface area (Å²) in [5, 5.41) is -0.335. The summed E-state index contributed by atoms with van der Waals surface area (Å²) in [6, 6.07) is 2.39. The molecule has 5 nitrogen and oxygen atoms in total. The van der Waals surface area contributed by atoms with Gasteiger partial charge in [-0.25, -0.2) is 17.2 Å². The molecule has 0 saturated carbocycles. The van der Waals surface area contributed by atoms with E-state index >= 15 is 0 Å². The maximum absolute atomic E-state index is 13.5. The van der Waals surface area contributed by atoms with E-state index in [0.717, 1.165) is 18.3 Å². The molecule has 2 N–H and O–H groups in total. The summed E-state index contributed by atoms with van der Waals surface area (Å²) in [7, 11) is -4.19. The number of halogens is 4. The first-order valence-corrected chi connectivity index (χ1v) is 7.92. The van der Waals surface area contributed by atoms with Crippen molar-refractivity contribution in [2.75, 3.05) is 4.72 Å². The molecular weight excluding hydrogens is 394 g/mol. The van der Waals surface area contributed by atoms with Gasteiger partial charge in [-0.05, 0) is 28.1 Å². The predicted octanol–water partition coefficient (Wildman–Crippen LogP) is 2.87. The molecule has 21 heavy (non-hydrogen) atoms. The first-order valence-electron chi connectivity index (χ1n) is 5.26. The van der Waals surface area contributed by atoms with Crippen LogP contribution in [0.25, 0.3) is 0 Å². The Labute approximate surface area is 131 Å². The minimum absolute atomic E-state index is 0.110. The highest BCUT2D eigenvalue weighted by molar-refractivity contribution is 9.10. The van der Waals surface area contributed by atoms with Gasteiger partial charge in [0, 0.05) is 12.3 Å². The maximum atomic E-state index is 13.5. The Morgan fingerprint density at radius 1 is 1.19 bits per heavy atom. The average Bonchev–Trinajstić information content (AvgIpc) is 2.39. The van der Waals surface area contributed by atoms with Gasteiger partial charge in [-0.15, -0.1) is 0 Å². The zero-order valence-corrected chi connectivity index (χ0v) is 13.1. The molecule has 2 rings (SSSR count). The van der Waals surface area contributed by atoms with Crippen molar-refractivity contribution in [2.24, 2.45) is 0 Å². The van der Waals surface area contributed by atoms with E-state index in [1.54, 1.807) is 0 Å². The van der Waals surface area contributed by atoms with Gasteiger partial charge in [0.2, 0.25) is 0 Å². The number of hydrogen-bond donors (Lipinski definition) is 2. The van der Waals surface area contributed by atoms with Gasteiger partial charge in [0.05, 0.1) is 10.2 Å². The van der Waals surface area contributed by atoms with E-state index < -0.39 is 32.9 Å². The van der Waals surface area contributed by atoms with E-state index in [-0.39, 0.29) is 14.4 Å². The lowest BCUT2D eigenvalue weighted by Crippen LogP contribution is -2.16. The quantitative estimate of drug-likeness (QED) is 0.779. The van der Waals surface area contributed by atoms with Crippen molar-refractivity contribution in [3.63, 3.8) is 0 Å². The molecule has 10 heteroatoms. The molecular formula is C11H6BrClF2N2O3S. The molecule has 0 fully saturated rings. The Bertz CT molecular complexity index is 870. The first kappa shape index (κ1) is 15.9. The molecule has 0 aliphatic carbocycles. The zero-order chi connectivity index (χ0) is 15.8. The predicted molar refractivity (Wildman–Crippen MR) is 76.9 cm³/mol. The lowest BCUT2D eigenvalue weighted by Gasteiger charge is -2.09. The highest BCUT2D eigenvalue weighted by Crippen LogP contribution is 2.25. The van der Waals surface area contributed by atoms with Crippen LogP contribution in [0.5, 0.6) is 0 Å². The van der Waals surface area contributed by atoms with Crippen molar-refractivity contribution in [2.45, 2.75) is 4.90 Å². The van der Waals surface area contributed by atoms with Gasteiger partial charge in [-0.2, -0.15) is 0 Å². The van der Waals surface area contributed by atoms with E-state index in [0.29, 0.717) is 6.07 Å². The number of aromatic nitrogens is 1. The highest BCUT2D eigenvalue weighted by atomic mass is 79.9. The summed E-state index contributed by atoms with van der Waals surface area (Å²) in [5.41, 5.74) is -1.11. The molecule has 112 valence electrons. The van der Waals surface area contributed by atoms with Crippen LogP contribution in [0, 0.1) is 11.6 Å². The number of H-pyrrole nitrogens is 1. The number of pyridine rings is 1. The van der Waals surface area contributed by atoms with Crippen molar-refractivity contribution in [3.05, 3.63) is 55.9 Å². The molecule has 1 aromatic heterocycles. The van der Waals surface area contributed by atoms with Crippen molar-refractivity contribution in [3.8, 4) is 0 Å². The van der Waals surface area contributed by atoms with Crippen LogP contribution in [0.2, 0.25) is 5.02 Å². The third kappa shape index (κ3) is 3.42. The number of nitrogens with one attached hydrogen (secondary N) is 2. The van der Waals surface area contributed by atoms with Gasteiger partial charge in [-0.1, -0.05) is 11.6 Å². The SMILES string of the molecule is O=c1[nH]cc(S(=O)(=O)Nc2cc(Br)c(F)cc2F)cc1Cl. The number of hydrogen-bond acceptors (Lipinski definition) is 3. The highest BCUT2D eigenvalue weighted by Gasteiger charge is 2.19. The van der Waals surface area contributed by atoms with Crippen LogP contribution >= 0.6 is 27.5 Å². The molecule has 0 atom stereocenters. The topological polar surface area (TPSA) is 79.0 Å². The molecule has 0 radical (unpaired) electrons. The standard InChI is InChI=1S/C11H6BrClF2N2O3S/c12-6-2-10(9(15)3-8(6)14)17-21(19,20)5-1-7(13)11(18)16-4-5/h1-4,17H,(H,16,18). The Hall–Kier alpha value is -1.45. The molecule has 2 aromatic rings. The van der Waals surface area contributed by atoms with E-state index in [4.69, 9.17) is 11.6 Å². The number of anilines is 1. The molecule has 0 unspecified atom stereocenters. The number of benzene rings is 1. The lowest BCUT2D eigenvalue weighted by atomic mass is 10.3. The van der Waals surface area contributed by atoms with Crippen LogP contribution in [0.3, 0.4) is 0 Å². The van der Waals surface area contributed by atoms with Crippen molar-refractivity contribution in [1.29, 1.82) is 0 Å². The molecule has 0 aliphatic rings. The maximum Gasteiger partial charge on any atom is 0.266 e. The van der Waals surface area contributed by atoms with Gasteiger partial charge in [-0.3, -0.25) is 9.52 Å². The van der Waals surface area contributed by atoms with Crippen molar-refractivity contribution < 1.29 is 17.2 Å². The molecule has 0 saturated heterocycles. The summed E-state index contributed by atoms with van der Waals surface area (Å²) in [4.78, 5) is 12.8. The van der Waals surface area contributed by atoms with E-state index in [1.807, 2.05) is 4.72 Å². The third-order valence-electron chi connectivity index (χ3n) is 2.40. The molecule has 0 amide bonds. The number of aromatic amines is 1. The number of rotatable bonds is 3. The zero-order valence-electron chi connectivity index (χ0n) is 9.95. The Balaban J connectivity index is 2.44. The van der Waals surface area contributed by atoms with Crippen LogP contribution < -0.4 is 10.3 Å². The van der Waals surface area contributed by atoms with Crippen LogP contribution in [0.4, 0.5) is 14.5 Å². The van der Waals surface area contributed by atoms with E-state index in [9.17, 15) is 22.0 Å². The largest absolute Gasteiger partial charge is 0.326 e. The fraction of sp³-hybridized carbons (Fsp3) is 0. The summed E-state index contributed by atoms with van der Waals surface area (Å²) in [6.45, 7) is 0. The fourth-order valence-electron chi connectivity index (χ4n) is 1.40. The van der Waals surface area contributed by atoms with Crippen LogP contribution in [-0.2, 0) is 10.0 Å². The minimum Gasteiger partial charge on any atom is -0.326 e. The summed E-state index contributed by atoms with van der Waals surface area (Å²) >= 11 is 8.35. The van der Waals surface area contributed by atoms with Crippen molar-refractivity contribution in [1.82, 2.24) is 4.98 Å². The van der Waals surface area contributed by atoms with Gasteiger partial charge < -0.3 is 4.98 Å². The molecule has 0 bridgehead atoms. The van der Waals surface area contributed by atoms with E-state index in [2.05, 4.69) is 20.9 Å². The third-order valence-corrected chi connectivity index (χ3v) is 4.63. The average molecular weight is 400 g/mol. The summed E-state index contributed by atoms with van der Waals surface area (Å²) < 4.78 is 52.6. The Morgan fingerprint density at radius 2 is 1.86 bits per heavy atom. The minimum atomic E-state index is -4.19. The van der Waals surface area contributed by atoms with Crippen LogP contribution in [0.1, 0.15) is 0 Å². The second kappa shape index (κ2) is 5.74. The molecule has 0 spiro atoms. The van der Waals surface area contributed by atoms with Gasteiger partial charge in [0.1, 0.15) is 21.6 Å². The molecule has 1 aromatic carbocycles. The second-order valence-corrected chi connectivity index (χ2v) is 6.81. The van der Waals surface area contributed by atoms with Crippen LogP contribution in [0.15, 0.2) is 38.6 Å². The summed E-state index contributed by atoms with van der Waals surface area (Å²) in [6.07, 6.45) is 0.910. The first-order chi connectivity index (χ1) is 9.70. The Morgan fingerprint density at radius 3 is 2.48 bits per heavy atom. The molecule has 1 heterocycles. The smallest absolute Gasteiger partial charge is 0.266 e. The van der Waals surface area contributed by atoms with Gasteiger partial charge in [0.25, 0.3) is 15.6 Å². The van der Waals surface area contributed by atoms with Gasteiger partial charge >= 0.3 is 0 Å². The van der Waals surface area contributed by atoms with Gasteiger partial charge in [0.15, 0.2) is 0 Å². The van der Waals surface area contributed by atoms with E-state index in [1.165, 1.54) is 0 Å². The van der Waals surface area contributed by atoms with Crippen molar-refractivity contribution >= 4 is 43.2 Å².